The summed E-state index contributed by atoms with van der Waals surface area (Å²) in [4.78, 5) is 12.2. The number of rotatable bonds is 5. The van der Waals surface area contributed by atoms with E-state index in [0.717, 1.165) is 0 Å². The Balaban J connectivity index is 2.06. The van der Waals surface area contributed by atoms with Gasteiger partial charge in [0.1, 0.15) is 30.2 Å². The van der Waals surface area contributed by atoms with Crippen molar-refractivity contribution in [3.05, 3.63) is 29.8 Å². The van der Waals surface area contributed by atoms with Crippen LogP contribution in [0.3, 0.4) is 0 Å². The minimum absolute atomic E-state index is 0.173. The molecule has 7 heteroatoms. The molecule has 1 aliphatic rings. The molecule has 1 saturated heterocycles. The highest BCUT2D eigenvalue weighted by molar-refractivity contribution is 5.96. The molecule has 122 valence electrons. The van der Waals surface area contributed by atoms with Gasteiger partial charge in [0, 0.05) is 12.0 Å². The molecule has 0 radical (unpaired) electrons. The Kier molecular flexibility index (Phi) is 5.49. The van der Waals surface area contributed by atoms with Crippen LogP contribution in [0.25, 0.3) is 0 Å². The highest BCUT2D eigenvalue weighted by Gasteiger charge is 2.43. The maximum atomic E-state index is 12.2. The van der Waals surface area contributed by atoms with Crippen molar-refractivity contribution in [3.63, 3.8) is 0 Å². The van der Waals surface area contributed by atoms with E-state index < -0.39 is 37.1 Å². The number of ketones is 1. The van der Waals surface area contributed by atoms with E-state index in [4.69, 9.17) is 14.6 Å². The van der Waals surface area contributed by atoms with Gasteiger partial charge < -0.3 is 29.9 Å². The molecule has 4 N–H and O–H groups in total. The van der Waals surface area contributed by atoms with E-state index >= 15 is 0 Å². The van der Waals surface area contributed by atoms with Gasteiger partial charge in [0.05, 0.1) is 19.8 Å². The van der Waals surface area contributed by atoms with E-state index in [1.807, 2.05) is 0 Å². The van der Waals surface area contributed by atoms with E-state index in [1.54, 1.807) is 24.3 Å². The number of hydrogen-bond donors (Lipinski definition) is 4. The Bertz CT molecular complexity index is 499. The molecule has 1 aliphatic heterocycles. The summed E-state index contributed by atoms with van der Waals surface area (Å²) in [6, 6.07) is 6.46. The molecule has 1 aromatic rings. The molecule has 7 nitrogen and oxygen atoms in total. The smallest absolute Gasteiger partial charge is 0.165 e. The second kappa shape index (κ2) is 7.17. The van der Waals surface area contributed by atoms with Crippen LogP contribution < -0.4 is 4.74 Å². The number of carbonyl (C=O) groups excluding carboxylic acids is 1. The van der Waals surface area contributed by atoms with Crippen molar-refractivity contribution < 1.29 is 34.7 Å². The van der Waals surface area contributed by atoms with Gasteiger partial charge in [-0.25, -0.2) is 0 Å². The molecule has 0 aromatic heterocycles. The first-order valence-corrected chi connectivity index (χ1v) is 6.95. The van der Waals surface area contributed by atoms with Crippen LogP contribution in [-0.4, -0.2) is 70.4 Å². The van der Waals surface area contributed by atoms with Gasteiger partial charge in [0.15, 0.2) is 5.78 Å². The maximum Gasteiger partial charge on any atom is 0.165 e. The Labute approximate surface area is 127 Å². The van der Waals surface area contributed by atoms with Crippen molar-refractivity contribution >= 4 is 5.78 Å². The van der Waals surface area contributed by atoms with Crippen molar-refractivity contribution in [2.24, 2.45) is 0 Å². The molecule has 2 rings (SSSR count). The number of aliphatic hydroxyl groups is 4. The monoisotopic (exact) mass is 312 g/mol. The largest absolute Gasteiger partial charge is 0.497 e. The second-order valence-electron chi connectivity index (χ2n) is 5.22. The predicted molar refractivity (Wildman–Crippen MR) is 75.7 cm³/mol. The molecule has 0 unspecified atom stereocenters. The number of aliphatic hydroxyl groups excluding tert-OH is 4. The number of ether oxygens (including phenoxy) is 2. The van der Waals surface area contributed by atoms with Gasteiger partial charge in [-0.05, 0) is 24.3 Å². The van der Waals surface area contributed by atoms with Crippen molar-refractivity contribution in [2.75, 3.05) is 13.7 Å². The summed E-state index contributed by atoms with van der Waals surface area (Å²) >= 11 is 0. The van der Waals surface area contributed by atoms with Crippen molar-refractivity contribution in [3.8, 4) is 5.75 Å². The second-order valence-corrected chi connectivity index (χ2v) is 5.22. The number of methoxy groups -OCH3 is 1. The third-order valence-electron chi connectivity index (χ3n) is 3.79. The fraction of sp³-hybridized carbons (Fsp3) is 0.533. The number of Topliss-reactive ketones (excluding diaryl/α,β-unsaturated/α-hetero) is 1. The molecule has 0 aliphatic carbocycles. The molecular weight excluding hydrogens is 292 g/mol. The number of hydrogen-bond acceptors (Lipinski definition) is 7. The summed E-state index contributed by atoms with van der Waals surface area (Å²) in [6.45, 7) is -0.516. The third-order valence-corrected chi connectivity index (χ3v) is 3.79. The zero-order valence-corrected chi connectivity index (χ0v) is 12.1. The predicted octanol–water partition coefficient (Wildman–Crippen LogP) is -0.890. The first-order chi connectivity index (χ1) is 10.5. The Hall–Kier alpha value is -1.51. The summed E-state index contributed by atoms with van der Waals surface area (Å²) in [6.07, 6.45) is -6.47. The minimum Gasteiger partial charge on any atom is -0.497 e. The van der Waals surface area contributed by atoms with Crippen LogP contribution in [-0.2, 0) is 4.74 Å². The Morgan fingerprint density at radius 2 is 1.68 bits per heavy atom. The van der Waals surface area contributed by atoms with Gasteiger partial charge in [-0.3, -0.25) is 4.79 Å². The lowest BCUT2D eigenvalue weighted by atomic mass is 9.91. The molecule has 1 heterocycles. The first kappa shape index (κ1) is 16.9. The van der Waals surface area contributed by atoms with E-state index in [2.05, 4.69) is 0 Å². The van der Waals surface area contributed by atoms with E-state index in [1.165, 1.54) is 7.11 Å². The highest BCUT2D eigenvalue weighted by Crippen LogP contribution is 2.24. The van der Waals surface area contributed by atoms with Gasteiger partial charge in [-0.1, -0.05) is 0 Å². The lowest BCUT2D eigenvalue weighted by molar-refractivity contribution is -0.227. The van der Waals surface area contributed by atoms with Crippen LogP contribution in [0.5, 0.6) is 5.75 Å². The van der Waals surface area contributed by atoms with Crippen LogP contribution >= 0.6 is 0 Å². The lowest BCUT2D eigenvalue weighted by Crippen LogP contribution is -2.58. The fourth-order valence-electron chi connectivity index (χ4n) is 2.42. The Morgan fingerprint density at radius 3 is 2.23 bits per heavy atom. The van der Waals surface area contributed by atoms with Crippen LogP contribution in [0.15, 0.2) is 24.3 Å². The molecule has 0 spiro atoms. The summed E-state index contributed by atoms with van der Waals surface area (Å²) in [7, 11) is 1.52. The molecule has 1 fully saturated rings. The van der Waals surface area contributed by atoms with Crippen LogP contribution in [0, 0.1) is 0 Å². The minimum atomic E-state index is -1.47. The van der Waals surface area contributed by atoms with Crippen molar-refractivity contribution in [2.45, 2.75) is 36.9 Å². The summed E-state index contributed by atoms with van der Waals surface area (Å²) in [5, 5.41) is 38.4. The van der Waals surface area contributed by atoms with Gasteiger partial charge in [-0.2, -0.15) is 0 Å². The summed E-state index contributed by atoms with van der Waals surface area (Å²) in [5.74, 6) is 0.330. The highest BCUT2D eigenvalue weighted by atomic mass is 16.5. The Morgan fingerprint density at radius 1 is 1.09 bits per heavy atom. The summed E-state index contributed by atoms with van der Waals surface area (Å²) in [5.41, 5.74) is 0.415. The molecule has 1 aromatic carbocycles. The van der Waals surface area contributed by atoms with Crippen molar-refractivity contribution in [1.82, 2.24) is 0 Å². The van der Waals surface area contributed by atoms with Gasteiger partial charge in [0.25, 0.3) is 0 Å². The summed E-state index contributed by atoms with van der Waals surface area (Å²) < 4.78 is 10.3. The molecule has 5 atom stereocenters. The average Bonchev–Trinajstić information content (AvgIpc) is 2.55. The molecule has 0 saturated carbocycles. The lowest BCUT2D eigenvalue weighted by Gasteiger charge is -2.39. The molecule has 0 bridgehead atoms. The van der Waals surface area contributed by atoms with Crippen LogP contribution in [0.2, 0.25) is 0 Å². The number of benzene rings is 1. The SMILES string of the molecule is COc1ccc(C(=O)C[C@@H]2O[C@H](CO)[C@@H](O)[C@H](O)[C@H]2O)cc1. The van der Waals surface area contributed by atoms with Crippen LogP contribution in [0.4, 0.5) is 0 Å². The molecule has 22 heavy (non-hydrogen) atoms. The maximum absolute atomic E-state index is 12.2. The van der Waals surface area contributed by atoms with Crippen molar-refractivity contribution in [1.29, 1.82) is 0 Å². The molecule has 0 amide bonds. The average molecular weight is 312 g/mol. The fourth-order valence-corrected chi connectivity index (χ4v) is 2.42. The van der Waals surface area contributed by atoms with E-state index in [9.17, 15) is 20.1 Å². The third kappa shape index (κ3) is 3.45. The normalized spacial score (nSPS) is 31.8. The molecular formula is C15H20O7. The standard InChI is InChI=1S/C15H20O7/c1-21-9-4-2-8(3-5-9)10(17)6-11-13(18)15(20)14(19)12(7-16)22-11/h2-5,11-16,18-20H,6-7H2,1H3/t11-,12+,13-,14+,15+/m0/s1. The van der Waals surface area contributed by atoms with E-state index in [0.29, 0.717) is 11.3 Å². The quantitative estimate of drug-likeness (QED) is 0.521. The first-order valence-electron chi connectivity index (χ1n) is 6.95. The number of carbonyl (C=O) groups is 1. The van der Waals surface area contributed by atoms with Gasteiger partial charge in [-0.15, -0.1) is 0 Å². The topological polar surface area (TPSA) is 116 Å². The van der Waals surface area contributed by atoms with Crippen LogP contribution in [0.1, 0.15) is 16.8 Å². The zero-order chi connectivity index (χ0) is 16.3. The van der Waals surface area contributed by atoms with Gasteiger partial charge in [0.2, 0.25) is 0 Å². The van der Waals surface area contributed by atoms with Gasteiger partial charge >= 0.3 is 0 Å². The van der Waals surface area contributed by atoms with E-state index in [-0.39, 0.29) is 12.2 Å². The zero-order valence-electron chi connectivity index (χ0n) is 12.1.